The number of hydrazine groups is 1. The fourth-order valence-corrected chi connectivity index (χ4v) is 3.51. The first-order valence-electron chi connectivity index (χ1n) is 11.7. The molecule has 0 aromatic carbocycles. The lowest BCUT2D eigenvalue weighted by molar-refractivity contribution is 0.286. The molecule has 0 aliphatic carbocycles. The lowest BCUT2D eigenvalue weighted by Crippen LogP contribution is -2.30. The van der Waals surface area contributed by atoms with Gasteiger partial charge in [0.1, 0.15) is 0 Å². The van der Waals surface area contributed by atoms with Crippen LogP contribution in [0.15, 0.2) is 0 Å². The normalized spacial score (nSPS) is 11.5. The first-order chi connectivity index (χ1) is 12.3. The van der Waals surface area contributed by atoms with Gasteiger partial charge in [-0.15, -0.1) is 0 Å². The maximum atomic E-state index is 3.34. The SMILES string of the molecule is CCCCCCCCCCCCCCCCCCCCCNN(C)C. The molecular weight excluding hydrogens is 304 g/mol. The van der Waals surface area contributed by atoms with Crippen molar-refractivity contribution in [2.75, 3.05) is 20.6 Å². The number of hydrogen-bond acceptors (Lipinski definition) is 2. The minimum absolute atomic E-state index is 1.13. The number of unbranched alkanes of at least 4 members (excludes halogenated alkanes) is 18. The first-order valence-corrected chi connectivity index (χ1v) is 11.7. The van der Waals surface area contributed by atoms with Gasteiger partial charge in [-0.25, -0.2) is 0 Å². The van der Waals surface area contributed by atoms with Crippen LogP contribution < -0.4 is 5.43 Å². The zero-order chi connectivity index (χ0) is 18.4. The van der Waals surface area contributed by atoms with E-state index < -0.39 is 0 Å². The third-order valence-electron chi connectivity index (χ3n) is 5.21. The molecule has 0 rings (SSSR count). The second kappa shape index (κ2) is 22.0. The minimum atomic E-state index is 1.13. The average Bonchev–Trinajstić information content (AvgIpc) is 2.60. The Bertz CT molecular complexity index is 228. The summed E-state index contributed by atoms with van der Waals surface area (Å²) in [5.41, 5.74) is 3.34. The maximum Gasteiger partial charge on any atom is 0.0102 e. The molecular formula is C23H50N2. The molecule has 0 atom stereocenters. The van der Waals surface area contributed by atoms with Crippen molar-refractivity contribution in [1.29, 1.82) is 0 Å². The summed E-state index contributed by atoms with van der Waals surface area (Å²) >= 11 is 0. The number of hydrogen-bond donors (Lipinski definition) is 1. The molecule has 0 fully saturated rings. The quantitative estimate of drug-likeness (QED) is 0.170. The molecule has 25 heavy (non-hydrogen) atoms. The third-order valence-corrected chi connectivity index (χ3v) is 5.21. The molecule has 0 aliphatic heterocycles. The molecule has 0 aliphatic rings. The second-order valence-corrected chi connectivity index (χ2v) is 8.17. The Morgan fingerprint density at radius 1 is 0.440 bits per heavy atom. The van der Waals surface area contributed by atoms with E-state index >= 15 is 0 Å². The molecule has 2 nitrogen and oxygen atoms in total. The fourth-order valence-electron chi connectivity index (χ4n) is 3.51. The molecule has 1 N–H and O–H groups in total. The summed E-state index contributed by atoms with van der Waals surface area (Å²) in [6.07, 6.45) is 27.6. The topological polar surface area (TPSA) is 15.3 Å². The van der Waals surface area contributed by atoms with Crippen LogP contribution in [0.1, 0.15) is 129 Å². The van der Waals surface area contributed by atoms with Crippen LogP contribution in [0.4, 0.5) is 0 Å². The number of nitrogens with zero attached hydrogens (tertiary/aromatic N) is 1. The Morgan fingerprint density at radius 2 is 0.720 bits per heavy atom. The maximum absolute atomic E-state index is 3.34. The van der Waals surface area contributed by atoms with E-state index in [0.29, 0.717) is 0 Å². The van der Waals surface area contributed by atoms with E-state index in [4.69, 9.17) is 0 Å². The van der Waals surface area contributed by atoms with E-state index in [1.54, 1.807) is 0 Å². The van der Waals surface area contributed by atoms with Crippen molar-refractivity contribution in [3.63, 3.8) is 0 Å². The minimum Gasteiger partial charge on any atom is -0.256 e. The molecule has 152 valence electrons. The molecule has 0 amide bonds. The zero-order valence-corrected chi connectivity index (χ0v) is 18.1. The monoisotopic (exact) mass is 354 g/mol. The van der Waals surface area contributed by atoms with Gasteiger partial charge in [-0.1, -0.05) is 122 Å². The van der Waals surface area contributed by atoms with Crippen LogP contribution in [0.25, 0.3) is 0 Å². The van der Waals surface area contributed by atoms with E-state index in [-0.39, 0.29) is 0 Å². The summed E-state index contributed by atoms with van der Waals surface area (Å²) in [6, 6.07) is 0. The highest BCUT2D eigenvalue weighted by atomic mass is 15.5. The van der Waals surface area contributed by atoms with Crippen LogP contribution in [0.3, 0.4) is 0 Å². The zero-order valence-electron chi connectivity index (χ0n) is 18.1. The first kappa shape index (κ1) is 24.9. The van der Waals surface area contributed by atoms with Gasteiger partial charge in [-0.05, 0) is 6.42 Å². The van der Waals surface area contributed by atoms with Crippen LogP contribution in [0.2, 0.25) is 0 Å². The Morgan fingerprint density at radius 3 is 1.00 bits per heavy atom. The van der Waals surface area contributed by atoms with Gasteiger partial charge in [0, 0.05) is 20.6 Å². The third kappa shape index (κ3) is 23.9. The smallest absolute Gasteiger partial charge is 0.0102 e. The molecule has 0 heterocycles. The highest BCUT2D eigenvalue weighted by Crippen LogP contribution is 2.14. The van der Waals surface area contributed by atoms with Gasteiger partial charge in [0.25, 0.3) is 0 Å². The van der Waals surface area contributed by atoms with Gasteiger partial charge in [-0.3, -0.25) is 10.4 Å². The molecule has 2 heteroatoms. The van der Waals surface area contributed by atoms with E-state index in [1.165, 1.54) is 122 Å². The molecule has 0 aromatic rings. The van der Waals surface area contributed by atoms with Crippen molar-refractivity contribution >= 4 is 0 Å². The lowest BCUT2D eigenvalue weighted by atomic mass is 10.0. The Labute approximate surface area is 160 Å². The summed E-state index contributed by atoms with van der Waals surface area (Å²) in [4.78, 5) is 0. The summed E-state index contributed by atoms with van der Waals surface area (Å²) in [7, 11) is 4.13. The van der Waals surface area contributed by atoms with Gasteiger partial charge in [0.05, 0.1) is 0 Å². The molecule has 0 radical (unpaired) electrons. The number of nitrogens with one attached hydrogen (secondary N) is 1. The number of rotatable bonds is 21. The van der Waals surface area contributed by atoms with E-state index in [1.807, 2.05) is 0 Å². The van der Waals surface area contributed by atoms with Gasteiger partial charge < -0.3 is 0 Å². The van der Waals surface area contributed by atoms with Crippen molar-refractivity contribution in [2.45, 2.75) is 129 Å². The van der Waals surface area contributed by atoms with Gasteiger partial charge in [-0.2, -0.15) is 0 Å². The van der Waals surface area contributed by atoms with Crippen LogP contribution in [-0.2, 0) is 0 Å². The van der Waals surface area contributed by atoms with Gasteiger partial charge in [0.15, 0.2) is 0 Å². The van der Waals surface area contributed by atoms with Crippen molar-refractivity contribution < 1.29 is 0 Å². The predicted molar refractivity (Wildman–Crippen MR) is 115 cm³/mol. The van der Waals surface area contributed by atoms with E-state index in [9.17, 15) is 0 Å². The van der Waals surface area contributed by atoms with Gasteiger partial charge in [0.2, 0.25) is 0 Å². The average molecular weight is 355 g/mol. The highest BCUT2D eigenvalue weighted by Gasteiger charge is 1.95. The largest absolute Gasteiger partial charge is 0.256 e. The summed E-state index contributed by atoms with van der Waals surface area (Å²) in [5, 5.41) is 2.05. The van der Waals surface area contributed by atoms with E-state index in [0.717, 1.165) is 6.54 Å². The lowest BCUT2D eigenvalue weighted by Gasteiger charge is -2.11. The summed E-state index contributed by atoms with van der Waals surface area (Å²) < 4.78 is 0. The molecule has 0 aromatic heterocycles. The van der Waals surface area contributed by atoms with Crippen LogP contribution >= 0.6 is 0 Å². The molecule has 0 saturated heterocycles. The summed E-state index contributed by atoms with van der Waals surface area (Å²) in [6.45, 7) is 3.43. The molecule has 0 bridgehead atoms. The van der Waals surface area contributed by atoms with Crippen molar-refractivity contribution in [3.8, 4) is 0 Å². The van der Waals surface area contributed by atoms with Crippen LogP contribution in [-0.4, -0.2) is 25.6 Å². The van der Waals surface area contributed by atoms with Crippen molar-refractivity contribution in [1.82, 2.24) is 10.4 Å². The molecule has 0 saturated carbocycles. The fraction of sp³-hybridized carbons (Fsp3) is 1.00. The van der Waals surface area contributed by atoms with E-state index in [2.05, 4.69) is 31.5 Å². The molecule has 0 spiro atoms. The van der Waals surface area contributed by atoms with Crippen molar-refractivity contribution in [3.05, 3.63) is 0 Å². The predicted octanol–water partition coefficient (Wildman–Crippen LogP) is 7.48. The second-order valence-electron chi connectivity index (χ2n) is 8.17. The summed E-state index contributed by atoms with van der Waals surface area (Å²) in [5.74, 6) is 0. The standard InChI is InChI=1S/C23H50N2/c1-4-5-6-7-8-9-10-11-12-13-14-15-16-17-18-19-20-21-22-23-24-25(2)3/h24H,4-23H2,1-3H3. The highest BCUT2D eigenvalue weighted by molar-refractivity contribution is 4.51. The van der Waals surface area contributed by atoms with Crippen molar-refractivity contribution in [2.24, 2.45) is 0 Å². The Hall–Kier alpha value is -0.0800. The molecule has 0 unspecified atom stereocenters. The Kier molecular flexibility index (Phi) is 21.9. The van der Waals surface area contributed by atoms with Crippen LogP contribution in [0.5, 0.6) is 0 Å². The van der Waals surface area contributed by atoms with Gasteiger partial charge >= 0.3 is 0 Å². The van der Waals surface area contributed by atoms with Crippen LogP contribution in [0, 0.1) is 0 Å². The Balaban J connectivity index is 2.96.